The maximum absolute atomic E-state index is 5.68. The largest absolute Gasteiger partial charge is 0.370 e. The van der Waals surface area contributed by atoms with Crippen molar-refractivity contribution in [2.75, 3.05) is 26.4 Å². The predicted molar refractivity (Wildman–Crippen MR) is 72.0 cm³/mol. The summed E-state index contributed by atoms with van der Waals surface area (Å²) in [6.07, 6.45) is 1.05. The number of benzene rings is 1. The summed E-state index contributed by atoms with van der Waals surface area (Å²) in [6, 6.07) is 10.4. The highest BCUT2D eigenvalue weighted by atomic mass is 32.2. The smallest absolute Gasteiger partial charge is 0.190 e. The van der Waals surface area contributed by atoms with Crippen molar-refractivity contribution in [1.29, 1.82) is 0 Å². The molecule has 1 aromatic rings. The average molecular weight is 237 g/mol. The van der Waals surface area contributed by atoms with Gasteiger partial charge in [-0.2, -0.15) is 0 Å². The van der Waals surface area contributed by atoms with Gasteiger partial charge in [-0.3, -0.25) is 4.99 Å². The Morgan fingerprint density at radius 1 is 1.31 bits per heavy atom. The number of guanidine groups is 1. The lowest BCUT2D eigenvalue weighted by Crippen LogP contribution is -2.30. The number of thioether (sulfide) groups is 1. The van der Waals surface area contributed by atoms with Crippen molar-refractivity contribution >= 4 is 17.7 Å². The maximum Gasteiger partial charge on any atom is 0.190 e. The first-order chi connectivity index (χ1) is 7.70. The number of nitrogens with two attached hydrogens (primary N) is 1. The third-order valence-corrected chi connectivity index (χ3v) is 3.14. The molecular weight excluding hydrogens is 218 g/mol. The number of nitrogens with zero attached hydrogens (tertiary/aromatic N) is 2. The highest BCUT2D eigenvalue weighted by Crippen LogP contribution is 2.17. The average Bonchev–Trinajstić information content (AvgIpc) is 2.29. The van der Waals surface area contributed by atoms with Crippen molar-refractivity contribution in [2.45, 2.75) is 11.3 Å². The van der Waals surface area contributed by atoms with Crippen molar-refractivity contribution < 1.29 is 0 Å². The Kier molecular flexibility index (Phi) is 5.78. The lowest BCUT2D eigenvalue weighted by molar-refractivity contribution is 0.609. The molecule has 16 heavy (non-hydrogen) atoms. The monoisotopic (exact) mass is 237 g/mol. The van der Waals surface area contributed by atoms with E-state index in [1.54, 1.807) is 0 Å². The third kappa shape index (κ3) is 5.07. The molecule has 1 aromatic carbocycles. The van der Waals surface area contributed by atoms with Gasteiger partial charge in [0.2, 0.25) is 0 Å². The molecule has 4 heteroatoms. The molecule has 88 valence electrons. The molecule has 0 aromatic heterocycles. The Morgan fingerprint density at radius 3 is 2.62 bits per heavy atom. The molecule has 0 aliphatic rings. The van der Waals surface area contributed by atoms with Gasteiger partial charge in [-0.1, -0.05) is 18.2 Å². The highest BCUT2D eigenvalue weighted by molar-refractivity contribution is 7.99. The normalized spacial score (nSPS) is 11.5. The second-order valence-corrected chi connectivity index (χ2v) is 4.82. The van der Waals surface area contributed by atoms with Crippen LogP contribution in [0.2, 0.25) is 0 Å². The molecule has 0 aliphatic carbocycles. The van der Waals surface area contributed by atoms with Gasteiger partial charge < -0.3 is 10.6 Å². The van der Waals surface area contributed by atoms with E-state index in [0.29, 0.717) is 5.96 Å². The van der Waals surface area contributed by atoms with Gasteiger partial charge in [0.1, 0.15) is 0 Å². The van der Waals surface area contributed by atoms with Crippen LogP contribution in [0.4, 0.5) is 0 Å². The predicted octanol–water partition coefficient (Wildman–Crippen LogP) is 2.05. The zero-order valence-corrected chi connectivity index (χ0v) is 10.7. The van der Waals surface area contributed by atoms with Crippen LogP contribution in [-0.4, -0.2) is 37.3 Å². The van der Waals surface area contributed by atoms with Gasteiger partial charge in [0.25, 0.3) is 0 Å². The molecule has 0 fully saturated rings. The van der Waals surface area contributed by atoms with Crippen LogP contribution in [0.15, 0.2) is 40.2 Å². The SMILES string of the molecule is CN(C)C(N)=NCCCSc1ccccc1. The highest BCUT2D eigenvalue weighted by Gasteiger charge is 1.94. The quantitative estimate of drug-likeness (QED) is 0.369. The Balaban J connectivity index is 2.16. The van der Waals surface area contributed by atoms with E-state index in [-0.39, 0.29) is 0 Å². The van der Waals surface area contributed by atoms with Crippen LogP contribution in [0.5, 0.6) is 0 Å². The molecule has 2 N–H and O–H groups in total. The van der Waals surface area contributed by atoms with E-state index >= 15 is 0 Å². The van der Waals surface area contributed by atoms with E-state index in [9.17, 15) is 0 Å². The molecule has 0 amide bonds. The molecule has 0 saturated heterocycles. The van der Waals surface area contributed by atoms with Gasteiger partial charge in [-0.15, -0.1) is 11.8 Å². The second-order valence-electron chi connectivity index (χ2n) is 3.65. The lowest BCUT2D eigenvalue weighted by atomic mass is 10.4. The first kappa shape index (κ1) is 12.9. The zero-order chi connectivity index (χ0) is 11.8. The summed E-state index contributed by atoms with van der Waals surface area (Å²) < 4.78 is 0. The molecule has 0 spiro atoms. The van der Waals surface area contributed by atoms with Gasteiger partial charge in [0.15, 0.2) is 5.96 Å². The summed E-state index contributed by atoms with van der Waals surface area (Å²) in [5.41, 5.74) is 5.68. The number of rotatable bonds is 5. The molecular formula is C12H19N3S. The van der Waals surface area contributed by atoms with Gasteiger partial charge >= 0.3 is 0 Å². The fourth-order valence-electron chi connectivity index (χ4n) is 1.11. The van der Waals surface area contributed by atoms with Crippen molar-refractivity contribution in [3.05, 3.63) is 30.3 Å². The zero-order valence-electron chi connectivity index (χ0n) is 9.89. The van der Waals surface area contributed by atoms with Crippen molar-refractivity contribution in [2.24, 2.45) is 10.7 Å². The molecule has 0 bridgehead atoms. The van der Waals surface area contributed by atoms with Crippen LogP contribution >= 0.6 is 11.8 Å². The standard InChI is InChI=1S/C12H19N3S/c1-15(2)12(13)14-9-6-10-16-11-7-4-3-5-8-11/h3-5,7-8H,6,9-10H2,1-2H3,(H2,13,14). The summed E-state index contributed by atoms with van der Waals surface area (Å²) in [7, 11) is 3.80. The summed E-state index contributed by atoms with van der Waals surface area (Å²) in [4.78, 5) is 7.40. The van der Waals surface area contributed by atoms with E-state index < -0.39 is 0 Å². The van der Waals surface area contributed by atoms with Gasteiger partial charge in [0.05, 0.1) is 0 Å². The molecule has 0 radical (unpaired) electrons. The minimum atomic E-state index is 0.602. The molecule has 1 rings (SSSR count). The minimum absolute atomic E-state index is 0.602. The fraction of sp³-hybridized carbons (Fsp3) is 0.417. The molecule has 0 unspecified atom stereocenters. The van der Waals surface area contributed by atoms with Crippen LogP contribution in [0.3, 0.4) is 0 Å². The Hall–Kier alpha value is -1.16. The van der Waals surface area contributed by atoms with Crippen LogP contribution in [-0.2, 0) is 0 Å². The van der Waals surface area contributed by atoms with Gasteiger partial charge in [0, 0.05) is 25.5 Å². The van der Waals surface area contributed by atoms with Gasteiger partial charge in [-0.25, -0.2) is 0 Å². The molecule has 0 atom stereocenters. The number of hydrogen-bond acceptors (Lipinski definition) is 2. The number of aliphatic imine (C=N–C) groups is 1. The Labute approximate surface area is 102 Å². The third-order valence-electron chi connectivity index (χ3n) is 2.05. The summed E-state index contributed by atoms with van der Waals surface area (Å²) >= 11 is 1.86. The Morgan fingerprint density at radius 2 is 2.00 bits per heavy atom. The summed E-state index contributed by atoms with van der Waals surface area (Å²) in [5.74, 6) is 1.68. The summed E-state index contributed by atoms with van der Waals surface area (Å²) in [5, 5.41) is 0. The topological polar surface area (TPSA) is 41.6 Å². The van der Waals surface area contributed by atoms with Crippen LogP contribution in [0, 0.1) is 0 Å². The number of hydrogen-bond donors (Lipinski definition) is 1. The summed E-state index contributed by atoms with van der Waals surface area (Å²) in [6.45, 7) is 0.795. The van der Waals surface area contributed by atoms with E-state index in [1.165, 1.54) is 4.90 Å². The molecule has 3 nitrogen and oxygen atoms in total. The van der Waals surface area contributed by atoms with Gasteiger partial charge in [-0.05, 0) is 24.3 Å². The molecule has 0 saturated carbocycles. The van der Waals surface area contributed by atoms with Crippen LogP contribution in [0.25, 0.3) is 0 Å². The van der Waals surface area contributed by atoms with Crippen molar-refractivity contribution in [3.8, 4) is 0 Å². The van der Waals surface area contributed by atoms with Crippen molar-refractivity contribution in [3.63, 3.8) is 0 Å². The van der Waals surface area contributed by atoms with Crippen LogP contribution in [0.1, 0.15) is 6.42 Å². The van der Waals surface area contributed by atoms with E-state index in [1.807, 2.05) is 36.8 Å². The fourth-order valence-corrected chi connectivity index (χ4v) is 1.97. The second kappa shape index (κ2) is 7.17. The minimum Gasteiger partial charge on any atom is -0.370 e. The lowest BCUT2D eigenvalue weighted by Gasteiger charge is -2.10. The van der Waals surface area contributed by atoms with E-state index in [0.717, 1.165) is 18.7 Å². The van der Waals surface area contributed by atoms with Crippen LogP contribution < -0.4 is 5.73 Å². The Bertz CT molecular complexity index is 322. The molecule has 0 heterocycles. The van der Waals surface area contributed by atoms with E-state index in [4.69, 9.17) is 5.73 Å². The first-order valence-corrected chi connectivity index (χ1v) is 6.34. The molecule has 0 aliphatic heterocycles. The van der Waals surface area contributed by atoms with Crippen molar-refractivity contribution in [1.82, 2.24) is 4.90 Å². The first-order valence-electron chi connectivity index (χ1n) is 5.35. The maximum atomic E-state index is 5.68. The van der Waals surface area contributed by atoms with E-state index in [2.05, 4.69) is 29.3 Å².